The molecule has 0 heterocycles. The molecule has 0 aliphatic heterocycles. The van der Waals surface area contributed by atoms with Gasteiger partial charge in [-0.25, -0.2) is 17.5 Å². The number of hydrogen-bond donors (Lipinski definition) is 1. The second kappa shape index (κ2) is 9.31. The van der Waals surface area contributed by atoms with Gasteiger partial charge in [0.05, 0.1) is 10.8 Å². The molecule has 0 spiro atoms. The summed E-state index contributed by atoms with van der Waals surface area (Å²) >= 11 is 0. The summed E-state index contributed by atoms with van der Waals surface area (Å²) in [6.45, 7) is 0. The molecule has 174 valence electrons. The van der Waals surface area contributed by atoms with E-state index in [0.717, 1.165) is 21.5 Å². The van der Waals surface area contributed by atoms with E-state index in [-0.39, 0.29) is 11.3 Å². The van der Waals surface area contributed by atoms with Gasteiger partial charge in [0.15, 0.2) is 0 Å². The molecule has 0 radical (unpaired) electrons. The Balaban J connectivity index is 1.51. The monoisotopic (exact) mass is 483 g/mol. The Morgan fingerprint density at radius 3 is 1.97 bits per heavy atom. The standard InChI is InChI=1S/C29H22FNO3S/c30-28-12-6-5-11-25(28)19-27(24-14-13-20-7-1-3-9-22(20)17-24)29(32)31-35(33,34)26-16-15-21-8-2-4-10-23(21)18-26/h1-18,27H,19H2,(H,31,32). The lowest BCUT2D eigenvalue weighted by Gasteiger charge is -2.19. The van der Waals surface area contributed by atoms with E-state index in [0.29, 0.717) is 11.1 Å². The molecule has 1 unspecified atom stereocenters. The minimum atomic E-state index is -4.14. The first-order valence-corrected chi connectivity index (χ1v) is 12.7. The molecule has 5 aromatic rings. The molecule has 5 rings (SSSR count). The number of carbonyl (C=O) groups is 1. The van der Waals surface area contributed by atoms with Crippen molar-refractivity contribution >= 4 is 37.5 Å². The fourth-order valence-electron chi connectivity index (χ4n) is 4.27. The lowest BCUT2D eigenvalue weighted by molar-refractivity contribution is -0.120. The van der Waals surface area contributed by atoms with Crippen LogP contribution in [-0.2, 0) is 21.2 Å². The summed E-state index contributed by atoms with van der Waals surface area (Å²) in [5.74, 6) is -2.06. The van der Waals surface area contributed by atoms with E-state index in [2.05, 4.69) is 4.72 Å². The Kier molecular flexibility index (Phi) is 6.05. The molecule has 35 heavy (non-hydrogen) atoms. The number of benzene rings is 5. The van der Waals surface area contributed by atoms with Crippen LogP contribution in [0.2, 0.25) is 0 Å². The highest BCUT2D eigenvalue weighted by Gasteiger charge is 2.27. The third-order valence-corrected chi connectivity index (χ3v) is 7.48. The van der Waals surface area contributed by atoms with Crippen LogP contribution in [0.15, 0.2) is 114 Å². The van der Waals surface area contributed by atoms with Crippen LogP contribution in [0, 0.1) is 5.82 Å². The molecule has 0 saturated carbocycles. The fraction of sp³-hybridized carbons (Fsp3) is 0.0690. The summed E-state index contributed by atoms with van der Waals surface area (Å²) < 4.78 is 43.0. The van der Waals surface area contributed by atoms with E-state index >= 15 is 0 Å². The van der Waals surface area contributed by atoms with E-state index in [4.69, 9.17) is 0 Å². The van der Waals surface area contributed by atoms with Gasteiger partial charge in [-0.15, -0.1) is 0 Å². The molecular formula is C29H22FNO3S. The molecule has 1 amide bonds. The lowest BCUT2D eigenvalue weighted by atomic mass is 9.90. The third-order valence-electron chi connectivity index (χ3n) is 6.14. The first-order valence-electron chi connectivity index (χ1n) is 11.2. The van der Waals surface area contributed by atoms with Crippen LogP contribution in [0.4, 0.5) is 4.39 Å². The summed E-state index contributed by atoms with van der Waals surface area (Å²) in [6.07, 6.45) is 0.0179. The van der Waals surface area contributed by atoms with E-state index in [1.54, 1.807) is 30.3 Å². The predicted octanol–water partition coefficient (Wildman–Crippen LogP) is 5.96. The van der Waals surface area contributed by atoms with E-state index in [1.165, 1.54) is 18.2 Å². The van der Waals surface area contributed by atoms with Gasteiger partial charge in [-0.1, -0.05) is 91.0 Å². The van der Waals surface area contributed by atoms with Crippen molar-refractivity contribution in [1.29, 1.82) is 0 Å². The van der Waals surface area contributed by atoms with Crippen LogP contribution in [0.25, 0.3) is 21.5 Å². The molecule has 5 aromatic carbocycles. The number of rotatable bonds is 6. The van der Waals surface area contributed by atoms with Gasteiger partial charge in [-0.2, -0.15) is 0 Å². The van der Waals surface area contributed by atoms with Crippen molar-refractivity contribution < 1.29 is 17.6 Å². The number of sulfonamides is 1. The lowest BCUT2D eigenvalue weighted by Crippen LogP contribution is -2.35. The van der Waals surface area contributed by atoms with Gasteiger partial charge in [-0.05, 0) is 57.3 Å². The second-order valence-electron chi connectivity index (χ2n) is 8.43. The summed E-state index contributed by atoms with van der Waals surface area (Å²) in [6, 6.07) is 31.5. The Morgan fingerprint density at radius 2 is 1.29 bits per heavy atom. The summed E-state index contributed by atoms with van der Waals surface area (Å²) in [5, 5.41) is 3.55. The normalized spacial score (nSPS) is 12.5. The Morgan fingerprint density at radius 1 is 0.714 bits per heavy atom. The minimum absolute atomic E-state index is 0.00676. The number of fused-ring (bicyclic) bond motifs is 2. The van der Waals surface area contributed by atoms with Crippen molar-refractivity contribution in [2.75, 3.05) is 0 Å². The highest BCUT2D eigenvalue weighted by molar-refractivity contribution is 7.90. The van der Waals surface area contributed by atoms with Crippen molar-refractivity contribution in [3.05, 3.63) is 126 Å². The Labute approximate surface area is 203 Å². The first-order chi connectivity index (χ1) is 16.9. The highest BCUT2D eigenvalue weighted by Crippen LogP contribution is 2.27. The first kappa shape index (κ1) is 22.7. The molecule has 4 nitrogen and oxygen atoms in total. The zero-order valence-electron chi connectivity index (χ0n) is 18.7. The van der Waals surface area contributed by atoms with Gasteiger partial charge < -0.3 is 0 Å². The van der Waals surface area contributed by atoms with Crippen molar-refractivity contribution in [2.45, 2.75) is 17.2 Å². The van der Waals surface area contributed by atoms with Gasteiger partial charge in [-0.3, -0.25) is 4.79 Å². The highest BCUT2D eigenvalue weighted by atomic mass is 32.2. The number of carbonyl (C=O) groups excluding carboxylic acids is 1. The molecule has 0 aliphatic rings. The van der Waals surface area contributed by atoms with Crippen LogP contribution in [0.5, 0.6) is 0 Å². The summed E-state index contributed by atoms with van der Waals surface area (Å²) in [4.78, 5) is 13.4. The Bertz CT molecular complexity index is 1660. The van der Waals surface area contributed by atoms with Crippen molar-refractivity contribution in [1.82, 2.24) is 4.72 Å². The summed E-state index contributed by atoms with van der Waals surface area (Å²) in [7, 11) is -4.14. The molecule has 1 atom stereocenters. The van der Waals surface area contributed by atoms with Crippen molar-refractivity contribution in [3.8, 4) is 0 Å². The molecule has 0 aromatic heterocycles. The maximum Gasteiger partial charge on any atom is 0.264 e. The average Bonchev–Trinajstić information content (AvgIpc) is 2.87. The van der Waals surface area contributed by atoms with Crippen LogP contribution in [0.1, 0.15) is 17.0 Å². The zero-order valence-corrected chi connectivity index (χ0v) is 19.5. The average molecular weight is 484 g/mol. The van der Waals surface area contributed by atoms with Crippen LogP contribution in [-0.4, -0.2) is 14.3 Å². The van der Waals surface area contributed by atoms with Gasteiger partial charge in [0.1, 0.15) is 5.82 Å². The van der Waals surface area contributed by atoms with Crippen molar-refractivity contribution in [3.63, 3.8) is 0 Å². The van der Waals surface area contributed by atoms with Gasteiger partial charge in [0, 0.05) is 0 Å². The van der Waals surface area contributed by atoms with Gasteiger partial charge in [0.2, 0.25) is 5.91 Å². The van der Waals surface area contributed by atoms with Crippen LogP contribution >= 0.6 is 0 Å². The predicted molar refractivity (Wildman–Crippen MR) is 136 cm³/mol. The number of hydrogen-bond acceptors (Lipinski definition) is 3. The van der Waals surface area contributed by atoms with Gasteiger partial charge >= 0.3 is 0 Å². The number of nitrogens with one attached hydrogen (secondary N) is 1. The number of halogens is 1. The molecule has 6 heteroatoms. The fourth-order valence-corrected chi connectivity index (χ4v) is 5.32. The molecule has 1 N–H and O–H groups in total. The third kappa shape index (κ3) is 4.79. The molecule has 0 aliphatic carbocycles. The minimum Gasteiger partial charge on any atom is -0.273 e. The largest absolute Gasteiger partial charge is 0.273 e. The molecular weight excluding hydrogens is 461 g/mol. The quantitative estimate of drug-likeness (QED) is 0.324. The zero-order chi connectivity index (χ0) is 24.4. The molecule has 0 saturated heterocycles. The topological polar surface area (TPSA) is 63.2 Å². The van der Waals surface area contributed by atoms with Crippen LogP contribution in [0.3, 0.4) is 0 Å². The van der Waals surface area contributed by atoms with E-state index < -0.39 is 27.7 Å². The SMILES string of the molecule is O=C(NS(=O)(=O)c1ccc2ccccc2c1)C(Cc1ccccc1F)c1ccc2ccccc2c1. The number of amides is 1. The Hall–Kier alpha value is -4.03. The molecule has 0 bridgehead atoms. The van der Waals surface area contributed by atoms with E-state index in [1.807, 2.05) is 60.7 Å². The maximum atomic E-state index is 14.5. The van der Waals surface area contributed by atoms with Crippen LogP contribution < -0.4 is 4.72 Å². The van der Waals surface area contributed by atoms with E-state index in [9.17, 15) is 17.6 Å². The van der Waals surface area contributed by atoms with Gasteiger partial charge in [0.25, 0.3) is 10.0 Å². The molecule has 0 fully saturated rings. The second-order valence-corrected chi connectivity index (χ2v) is 10.1. The summed E-state index contributed by atoms with van der Waals surface area (Å²) in [5.41, 5.74) is 0.946. The van der Waals surface area contributed by atoms with Crippen molar-refractivity contribution in [2.24, 2.45) is 0 Å². The maximum absolute atomic E-state index is 14.5. The smallest absolute Gasteiger partial charge is 0.264 e.